The molecule has 12 heteroatoms. The molecular formula is C23H25N5O5S2. The van der Waals surface area contributed by atoms with Crippen LogP contribution in [0.4, 0.5) is 15.6 Å². The summed E-state index contributed by atoms with van der Waals surface area (Å²) in [6.45, 7) is 4.55. The smallest absolute Gasteiger partial charge is 0.407 e. The molecule has 0 unspecified atom stereocenters. The van der Waals surface area contributed by atoms with Gasteiger partial charge >= 0.3 is 6.09 Å². The second kappa shape index (κ2) is 10.0. The largest absolute Gasteiger partial charge is 0.489 e. The summed E-state index contributed by atoms with van der Waals surface area (Å²) < 4.78 is 29.4. The molecule has 4 rings (SSSR count). The summed E-state index contributed by atoms with van der Waals surface area (Å²) in [6, 6.07) is 8.21. The van der Waals surface area contributed by atoms with Crippen LogP contribution in [0.15, 0.2) is 52.9 Å². The van der Waals surface area contributed by atoms with E-state index in [1.54, 1.807) is 12.3 Å². The number of rotatable bonds is 7. The summed E-state index contributed by atoms with van der Waals surface area (Å²) in [5, 5.41) is 19.9. The number of pyridine rings is 1. The molecule has 4 N–H and O–H groups in total. The van der Waals surface area contributed by atoms with Crippen LogP contribution in [0.2, 0.25) is 0 Å². The fourth-order valence-electron chi connectivity index (χ4n) is 3.53. The van der Waals surface area contributed by atoms with E-state index in [2.05, 4.69) is 15.3 Å². The van der Waals surface area contributed by atoms with E-state index < -0.39 is 16.1 Å². The first-order chi connectivity index (χ1) is 16.6. The minimum Gasteiger partial charge on any atom is -0.489 e. The van der Waals surface area contributed by atoms with Gasteiger partial charge < -0.3 is 20.1 Å². The van der Waals surface area contributed by atoms with Gasteiger partial charge in [-0.15, -0.1) is 11.3 Å². The van der Waals surface area contributed by atoms with E-state index >= 15 is 0 Å². The number of nitrogens with zero attached hydrogens (tertiary/aromatic N) is 3. The van der Waals surface area contributed by atoms with Crippen LogP contribution in [0, 0.1) is 0 Å². The minimum atomic E-state index is -3.88. The predicted octanol–water partition coefficient (Wildman–Crippen LogP) is 4.15. The van der Waals surface area contributed by atoms with Gasteiger partial charge in [-0.25, -0.2) is 23.3 Å². The Morgan fingerprint density at radius 3 is 2.66 bits per heavy atom. The van der Waals surface area contributed by atoms with Crippen LogP contribution in [0.3, 0.4) is 0 Å². The first-order valence-electron chi connectivity index (χ1n) is 10.8. The molecule has 0 bridgehead atoms. The molecule has 1 aromatic carbocycles. The van der Waals surface area contributed by atoms with Crippen molar-refractivity contribution < 1.29 is 23.1 Å². The molecular weight excluding hydrogens is 490 g/mol. The summed E-state index contributed by atoms with van der Waals surface area (Å²) >= 11 is 1.36. The number of aromatic nitrogens is 2. The predicted molar refractivity (Wildman–Crippen MR) is 134 cm³/mol. The third-order valence-corrected chi connectivity index (χ3v) is 6.92. The van der Waals surface area contributed by atoms with Crippen molar-refractivity contribution in [3.63, 3.8) is 0 Å². The van der Waals surface area contributed by atoms with Crippen molar-refractivity contribution in [1.29, 1.82) is 0 Å². The van der Waals surface area contributed by atoms with Gasteiger partial charge in [0.25, 0.3) is 0 Å². The molecule has 0 spiro atoms. The van der Waals surface area contributed by atoms with Crippen molar-refractivity contribution in [3.8, 4) is 17.0 Å². The van der Waals surface area contributed by atoms with Crippen molar-refractivity contribution in [2.45, 2.75) is 31.3 Å². The Bertz CT molecular complexity index is 1370. The molecule has 0 fully saturated rings. The van der Waals surface area contributed by atoms with Crippen molar-refractivity contribution in [2.24, 2.45) is 5.14 Å². The number of carboxylic acid groups (broad SMARTS) is 1. The molecule has 0 saturated heterocycles. The highest BCUT2D eigenvalue weighted by Gasteiger charge is 2.18. The van der Waals surface area contributed by atoms with Gasteiger partial charge in [0.15, 0.2) is 5.13 Å². The van der Waals surface area contributed by atoms with Gasteiger partial charge in [0.1, 0.15) is 5.75 Å². The zero-order valence-electron chi connectivity index (χ0n) is 19.1. The van der Waals surface area contributed by atoms with E-state index in [0.29, 0.717) is 41.8 Å². The van der Waals surface area contributed by atoms with Gasteiger partial charge in [0.2, 0.25) is 10.0 Å². The SMILES string of the molecule is CC(C)Oc1ccc(S(N)(=O)=O)cc1Nc1nc(-c2ccc(C3=CCN(C(=O)O)CC3)nc2)cs1. The molecule has 3 heterocycles. The Hall–Kier alpha value is -3.48. The van der Waals surface area contributed by atoms with Crippen molar-refractivity contribution >= 4 is 43.8 Å². The van der Waals surface area contributed by atoms with Crippen LogP contribution in [0.5, 0.6) is 5.75 Å². The summed E-state index contributed by atoms with van der Waals surface area (Å²) in [7, 11) is -3.88. The Labute approximate surface area is 207 Å². The van der Waals surface area contributed by atoms with Crippen LogP contribution in [-0.4, -0.2) is 53.7 Å². The maximum Gasteiger partial charge on any atom is 0.407 e. The third kappa shape index (κ3) is 5.96. The lowest BCUT2D eigenvalue weighted by molar-refractivity contribution is 0.150. The molecule has 0 radical (unpaired) electrons. The number of carbonyl (C=O) groups is 1. The summed E-state index contributed by atoms with van der Waals surface area (Å²) in [6.07, 6.45) is 3.20. The average Bonchev–Trinajstić information content (AvgIpc) is 3.28. The molecule has 35 heavy (non-hydrogen) atoms. The third-order valence-electron chi connectivity index (χ3n) is 5.26. The molecule has 0 aliphatic carbocycles. The number of sulfonamides is 1. The number of nitrogens with two attached hydrogens (primary N) is 1. The van der Waals surface area contributed by atoms with E-state index in [1.165, 1.54) is 28.4 Å². The number of nitrogens with one attached hydrogen (secondary N) is 1. The fourth-order valence-corrected chi connectivity index (χ4v) is 4.80. The number of hydrogen-bond donors (Lipinski definition) is 3. The molecule has 1 aliphatic rings. The molecule has 10 nitrogen and oxygen atoms in total. The van der Waals surface area contributed by atoms with E-state index in [4.69, 9.17) is 15.0 Å². The normalized spacial score (nSPS) is 14.1. The Balaban J connectivity index is 1.52. The van der Waals surface area contributed by atoms with Crippen LogP contribution < -0.4 is 15.2 Å². The molecule has 3 aromatic rings. The summed E-state index contributed by atoms with van der Waals surface area (Å²) in [5.41, 5.74) is 3.79. The number of primary sulfonamides is 1. The zero-order chi connectivity index (χ0) is 25.2. The topological polar surface area (TPSA) is 148 Å². The maximum absolute atomic E-state index is 11.8. The lowest BCUT2D eigenvalue weighted by Gasteiger charge is -2.23. The van der Waals surface area contributed by atoms with Crippen LogP contribution in [0.1, 0.15) is 26.0 Å². The Morgan fingerprint density at radius 1 is 1.26 bits per heavy atom. The van der Waals surface area contributed by atoms with Crippen molar-refractivity contribution in [3.05, 3.63) is 53.7 Å². The van der Waals surface area contributed by atoms with Gasteiger partial charge in [-0.3, -0.25) is 4.98 Å². The quantitative estimate of drug-likeness (QED) is 0.425. The first-order valence-corrected chi connectivity index (χ1v) is 13.2. The summed E-state index contributed by atoms with van der Waals surface area (Å²) in [5.74, 6) is 0.484. The molecule has 0 saturated carbocycles. The maximum atomic E-state index is 11.8. The van der Waals surface area contributed by atoms with Crippen molar-refractivity contribution in [1.82, 2.24) is 14.9 Å². The monoisotopic (exact) mass is 515 g/mol. The van der Waals surface area contributed by atoms with E-state index in [0.717, 1.165) is 16.8 Å². The highest BCUT2D eigenvalue weighted by molar-refractivity contribution is 7.89. The zero-order valence-corrected chi connectivity index (χ0v) is 20.8. The van der Waals surface area contributed by atoms with Crippen LogP contribution in [0.25, 0.3) is 16.8 Å². The van der Waals surface area contributed by atoms with Gasteiger partial charge in [-0.05, 0) is 56.2 Å². The van der Waals surface area contributed by atoms with Gasteiger partial charge in [-0.1, -0.05) is 6.08 Å². The number of ether oxygens (including phenoxy) is 1. The highest BCUT2D eigenvalue weighted by Crippen LogP contribution is 2.34. The van der Waals surface area contributed by atoms with Gasteiger partial charge in [0, 0.05) is 30.2 Å². The average molecular weight is 516 g/mol. The lowest BCUT2D eigenvalue weighted by atomic mass is 10.0. The molecule has 184 valence electrons. The second-order valence-electron chi connectivity index (χ2n) is 8.17. The lowest BCUT2D eigenvalue weighted by Crippen LogP contribution is -2.33. The number of anilines is 2. The summed E-state index contributed by atoms with van der Waals surface area (Å²) in [4.78, 5) is 21.5. The molecule has 1 amide bonds. The Kier molecular flexibility index (Phi) is 7.05. The highest BCUT2D eigenvalue weighted by atomic mass is 32.2. The molecule has 0 atom stereocenters. The Morgan fingerprint density at radius 2 is 2.06 bits per heavy atom. The second-order valence-corrected chi connectivity index (χ2v) is 10.6. The van der Waals surface area contributed by atoms with Gasteiger partial charge in [-0.2, -0.15) is 0 Å². The first kappa shape index (κ1) is 24.6. The minimum absolute atomic E-state index is 0.0313. The number of benzene rings is 1. The van der Waals surface area contributed by atoms with E-state index in [1.807, 2.05) is 37.4 Å². The number of thiazole rings is 1. The van der Waals surface area contributed by atoms with E-state index in [9.17, 15) is 13.2 Å². The fraction of sp³-hybridized carbons (Fsp3) is 0.261. The van der Waals surface area contributed by atoms with Gasteiger partial charge in [0.05, 0.1) is 28.1 Å². The van der Waals surface area contributed by atoms with Crippen molar-refractivity contribution in [2.75, 3.05) is 18.4 Å². The molecule has 1 aliphatic heterocycles. The van der Waals surface area contributed by atoms with E-state index in [-0.39, 0.29) is 11.0 Å². The van der Waals surface area contributed by atoms with Crippen LogP contribution >= 0.6 is 11.3 Å². The standard InChI is InChI=1S/C23H25N5O5S2/c1-14(2)33-21-6-4-17(35(24,31)32)11-19(21)26-22-27-20(13-34-22)16-3-5-18(25-12-16)15-7-9-28(10-8-15)23(29)30/h3-7,11-14H,8-10H2,1-2H3,(H,26,27)(H,29,30)(H2,24,31,32). The number of hydrogen-bond acceptors (Lipinski definition) is 8. The van der Waals surface area contributed by atoms with Crippen LogP contribution in [-0.2, 0) is 10.0 Å². The number of amides is 1. The molecule has 2 aromatic heterocycles.